The number of likely N-dealkylation sites (tertiary alicyclic amines) is 1. The Balaban J connectivity index is 1.89. The molecule has 1 fully saturated rings. The van der Waals surface area contributed by atoms with E-state index in [1.54, 1.807) is 0 Å². The van der Waals surface area contributed by atoms with Crippen molar-refractivity contribution >= 4 is 23.1 Å². The molecular weight excluding hydrogens is 246 g/mol. The average Bonchev–Trinajstić information content (AvgIpc) is 2.97. The second-order valence-corrected chi connectivity index (χ2v) is 5.69. The Morgan fingerprint density at radius 2 is 1.78 bits per heavy atom. The molecule has 0 aliphatic carbocycles. The van der Waals surface area contributed by atoms with Crippen LogP contribution in [0.25, 0.3) is 0 Å². The van der Waals surface area contributed by atoms with Crippen molar-refractivity contribution in [3.63, 3.8) is 0 Å². The summed E-state index contributed by atoms with van der Waals surface area (Å²) in [5, 5.41) is 8.64. The molecule has 1 aromatic carbocycles. The molecular formula is C14H16ClN3. The van der Waals surface area contributed by atoms with E-state index in [2.05, 4.69) is 15.1 Å². The second-order valence-electron chi connectivity index (χ2n) is 4.94. The Kier molecular flexibility index (Phi) is 2.86. The smallest absolute Gasteiger partial charge is 0.154 e. The van der Waals surface area contributed by atoms with E-state index in [0.717, 1.165) is 30.2 Å². The predicted molar refractivity (Wildman–Crippen MR) is 75.5 cm³/mol. The molecule has 0 N–H and O–H groups in total. The summed E-state index contributed by atoms with van der Waals surface area (Å²) in [7, 11) is 0. The van der Waals surface area contributed by atoms with Crippen molar-refractivity contribution in [2.24, 2.45) is 10.2 Å². The fourth-order valence-corrected chi connectivity index (χ4v) is 2.91. The van der Waals surface area contributed by atoms with Gasteiger partial charge in [0.15, 0.2) is 5.84 Å². The normalized spacial score (nSPS) is 27.3. The van der Waals surface area contributed by atoms with Gasteiger partial charge < -0.3 is 4.90 Å². The highest BCUT2D eigenvalue weighted by Gasteiger charge is 2.42. The van der Waals surface area contributed by atoms with Crippen LogP contribution in [0.2, 0.25) is 0 Å². The van der Waals surface area contributed by atoms with Crippen molar-refractivity contribution in [3.8, 4) is 0 Å². The quantitative estimate of drug-likeness (QED) is 0.715. The summed E-state index contributed by atoms with van der Waals surface area (Å²) in [6.07, 6.45) is 2.43. The molecule has 2 heterocycles. The van der Waals surface area contributed by atoms with Crippen molar-refractivity contribution in [1.82, 2.24) is 4.90 Å². The molecule has 0 radical (unpaired) electrons. The monoisotopic (exact) mass is 261 g/mol. The van der Waals surface area contributed by atoms with Crippen LogP contribution >= 0.6 is 11.6 Å². The van der Waals surface area contributed by atoms with Gasteiger partial charge in [-0.1, -0.05) is 30.3 Å². The van der Waals surface area contributed by atoms with E-state index in [0.29, 0.717) is 0 Å². The number of hydrogen-bond acceptors (Lipinski definition) is 3. The lowest BCUT2D eigenvalue weighted by Gasteiger charge is -2.27. The van der Waals surface area contributed by atoms with Crippen LogP contribution in [0.1, 0.15) is 25.3 Å². The Morgan fingerprint density at radius 3 is 2.44 bits per heavy atom. The first-order valence-electron chi connectivity index (χ1n) is 6.35. The van der Waals surface area contributed by atoms with Crippen LogP contribution < -0.4 is 0 Å². The molecule has 0 saturated carbocycles. The Bertz CT molecular complexity index is 499. The molecule has 4 heteroatoms. The first kappa shape index (κ1) is 11.7. The van der Waals surface area contributed by atoms with Crippen LogP contribution in [0.3, 0.4) is 0 Å². The Hall–Kier alpha value is -1.35. The number of alkyl halides is 1. The number of amidine groups is 1. The summed E-state index contributed by atoms with van der Waals surface area (Å²) in [5.41, 5.74) is 1.90. The number of hydrogen-bond donors (Lipinski definition) is 0. The average molecular weight is 262 g/mol. The molecule has 1 aromatic rings. The molecule has 18 heavy (non-hydrogen) atoms. The van der Waals surface area contributed by atoms with Crippen molar-refractivity contribution < 1.29 is 0 Å². The number of nitrogens with zero attached hydrogens (tertiary/aromatic N) is 3. The third kappa shape index (κ3) is 1.83. The summed E-state index contributed by atoms with van der Waals surface area (Å²) in [6.45, 7) is 4.07. The fraction of sp³-hybridized carbons (Fsp3) is 0.429. The minimum Gasteiger partial charge on any atom is -0.357 e. The lowest BCUT2D eigenvalue weighted by atomic mass is 9.96. The summed E-state index contributed by atoms with van der Waals surface area (Å²) in [5.74, 6) is 0.903. The van der Waals surface area contributed by atoms with E-state index in [9.17, 15) is 0 Å². The van der Waals surface area contributed by atoms with Crippen LogP contribution in [-0.2, 0) is 0 Å². The van der Waals surface area contributed by atoms with Gasteiger partial charge in [0.1, 0.15) is 4.87 Å². The van der Waals surface area contributed by atoms with Gasteiger partial charge in [-0.15, -0.1) is 16.7 Å². The molecule has 0 spiro atoms. The van der Waals surface area contributed by atoms with Crippen molar-refractivity contribution in [1.29, 1.82) is 0 Å². The molecule has 1 unspecified atom stereocenters. The van der Waals surface area contributed by atoms with Crippen molar-refractivity contribution in [2.45, 2.75) is 24.6 Å². The number of benzene rings is 1. The molecule has 0 aromatic heterocycles. The third-order valence-corrected chi connectivity index (χ3v) is 3.91. The van der Waals surface area contributed by atoms with E-state index < -0.39 is 4.87 Å². The lowest BCUT2D eigenvalue weighted by molar-refractivity contribution is 0.504. The summed E-state index contributed by atoms with van der Waals surface area (Å²) in [6, 6.07) is 10.0. The Morgan fingerprint density at radius 1 is 1.11 bits per heavy atom. The minimum atomic E-state index is -0.605. The maximum Gasteiger partial charge on any atom is 0.154 e. The highest BCUT2D eigenvalue weighted by molar-refractivity contribution is 6.51. The minimum absolute atomic E-state index is 0.605. The lowest BCUT2D eigenvalue weighted by Crippen LogP contribution is -2.45. The first-order chi connectivity index (χ1) is 8.69. The second kappa shape index (κ2) is 4.39. The first-order valence-corrected chi connectivity index (χ1v) is 6.73. The number of rotatable bonds is 1. The predicted octanol–water partition coefficient (Wildman–Crippen LogP) is 2.90. The van der Waals surface area contributed by atoms with E-state index in [4.69, 9.17) is 11.6 Å². The topological polar surface area (TPSA) is 28.0 Å². The van der Waals surface area contributed by atoms with Gasteiger partial charge in [-0.3, -0.25) is 0 Å². The van der Waals surface area contributed by atoms with Crippen LogP contribution in [-0.4, -0.2) is 34.4 Å². The molecule has 0 bridgehead atoms. The molecule has 94 valence electrons. The zero-order chi connectivity index (χ0) is 12.6. The van der Waals surface area contributed by atoms with Crippen LogP contribution in [0.4, 0.5) is 0 Å². The van der Waals surface area contributed by atoms with Gasteiger partial charge in [0.2, 0.25) is 0 Å². The van der Waals surface area contributed by atoms with Gasteiger partial charge in [0, 0.05) is 18.7 Å². The Labute approximate surface area is 112 Å². The molecule has 0 amide bonds. The standard InChI is InChI=1S/C14H16ClN3/c1-14(15)12(11-7-3-2-4-8-11)16-17-13(14)18-9-5-6-10-18/h2-4,7-8H,5-6,9-10H2,1H3. The third-order valence-electron chi connectivity index (χ3n) is 3.56. The maximum absolute atomic E-state index is 6.71. The molecule has 2 aliphatic heterocycles. The molecule has 2 aliphatic rings. The summed E-state index contributed by atoms with van der Waals surface area (Å²) in [4.78, 5) is 1.65. The van der Waals surface area contributed by atoms with E-state index in [1.165, 1.54) is 12.8 Å². The van der Waals surface area contributed by atoms with Crippen LogP contribution in [0.5, 0.6) is 0 Å². The van der Waals surface area contributed by atoms with Gasteiger partial charge in [0.25, 0.3) is 0 Å². The molecule has 1 saturated heterocycles. The van der Waals surface area contributed by atoms with Crippen molar-refractivity contribution in [3.05, 3.63) is 35.9 Å². The maximum atomic E-state index is 6.71. The van der Waals surface area contributed by atoms with Gasteiger partial charge >= 0.3 is 0 Å². The SMILES string of the molecule is CC1(Cl)C(c2ccccc2)=NN=C1N1CCCC1. The zero-order valence-corrected chi connectivity index (χ0v) is 11.2. The van der Waals surface area contributed by atoms with E-state index in [-0.39, 0.29) is 0 Å². The number of halogens is 1. The molecule has 1 atom stereocenters. The largest absolute Gasteiger partial charge is 0.357 e. The van der Waals surface area contributed by atoms with Gasteiger partial charge in [-0.05, 0) is 19.8 Å². The van der Waals surface area contributed by atoms with E-state index >= 15 is 0 Å². The molecule has 3 nitrogen and oxygen atoms in total. The van der Waals surface area contributed by atoms with Crippen LogP contribution in [0, 0.1) is 0 Å². The summed E-state index contributed by atoms with van der Waals surface area (Å²) < 4.78 is 0. The zero-order valence-electron chi connectivity index (χ0n) is 10.4. The molecule has 3 rings (SSSR count). The van der Waals surface area contributed by atoms with Gasteiger partial charge in [-0.2, -0.15) is 5.10 Å². The summed E-state index contributed by atoms with van der Waals surface area (Å²) >= 11 is 6.71. The fourth-order valence-electron chi connectivity index (χ4n) is 2.60. The van der Waals surface area contributed by atoms with Crippen LogP contribution in [0.15, 0.2) is 40.5 Å². The van der Waals surface area contributed by atoms with Gasteiger partial charge in [-0.25, -0.2) is 0 Å². The highest BCUT2D eigenvalue weighted by Crippen LogP contribution is 2.31. The van der Waals surface area contributed by atoms with E-state index in [1.807, 2.05) is 37.3 Å². The van der Waals surface area contributed by atoms with Gasteiger partial charge in [0.05, 0.1) is 5.71 Å². The highest BCUT2D eigenvalue weighted by atomic mass is 35.5. The van der Waals surface area contributed by atoms with Crippen molar-refractivity contribution in [2.75, 3.05) is 13.1 Å².